The first-order valence-corrected chi connectivity index (χ1v) is 8.24. The number of hydrogen-bond donors (Lipinski definition) is 1. The number of aliphatic carboxylic acids is 1. The van der Waals surface area contributed by atoms with Crippen LogP contribution >= 0.6 is 11.6 Å². The molecule has 0 aliphatic carbocycles. The van der Waals surface area contributed by atoms with Crippen molar-refractivity contribution < 1.29 is 23.4 Å². The van der Waals surface area contributed by atoms with Crippen LogP contribution in [0.5, 0.6) is 5.75 Å². The van der Waals surface area contributed by atoms with Crippen molar-refractivity contribution in [2.75, 3.05) is 6.61 Å². The van der Waals surface area contributed by atoms with Crippen LogP contribution < -0.4 is 4.74 Å². The van der Waals surface area contributed by atoms with E-state index in [0.29, 0.717) is 16.3 Å². The van der Waals surface area contributed by atoms with Gasteiger partial charge in [0.25, 0.3) is 0 Å². The zero-order chi connectivity index (χ0) is 19.6. The summed E-state index contributed by atoms with van der Waals surface area (Å²) in [6, 6.07) is 8.25. The van der Waals surface area contributed by atoms with Gasteiger partial charge in [-0.15, -0.1) is 10.2 Å². The van der Waals surface area contributed by atoms with Crippen molar-refractivity contribution in [3.8, 4) is 28.5 Å². The van der Waals surface area contributed by atoms with Crippen molar-refractivity contribution >= 4 is 17.6 Å². The smallest absolute Gasteiger partial charge is 0.306 e. The average molecular weight is 394 g/mol. The molecule has 1 N–H and O–H groups in total. The van der Waals surface area contributed by atoms with Crippen LogP contribution in [-0.2, 0) is 11.8 Å². The molecule has 0 bridgehead atoms. The summed E-state index contributed by atoms with van der Waals surface area (Å²) in [4.78, 5) is 10.6. The minimum atomic E-state index is -0.978. The summed E-state index contributed by atoms with van der Waals surface area (Å²) in [6.45, 7) is -0.0130. The van der Waals surface area contributed by atoms with E-state index in [1.54, 1.807) is 25.2 Å². The fourth-order valence-electron chi connectivity index (χ4n) is 2.51. The Balaban J connectivity index is 1.98. The Morgan fingerprint density at radius 3 is 2.52 bits per heavy atom. The zero-order valence-electron chi connectivity index (χ0n) is 14.1. The second-order valence-electron chi connectivity index (χ2n) is 5.64. The van der Waals surface area contributed by atoms with Crippen LogP contribution in [-0.4, -0.2) is 32.4 Å². The zero-order valence-corrected chi connectivity index (χ0v) is 14.9. The highest BCUT2D eigenvalue weighted by Crippen LogP contribution is 2.33. The van der Waals surface area contributed by atoms with Gasteiger partial charge in [0.1, 0.15) is 17.4 Å². The molecule has 0 radical (unpaired) electrons. The van der Waals surface area contributed by atoms with E-state index in [2.05, 4.69) is 10.2 Å². The van der Waals surface area contributed by atoms with Crippen LogP contribution in [0.1, 0.15) is 6.42 Å². The highest BCUT2D eigenvalue weighted by Gasteiger charge is 2.20. The molecule has 0 fully saturated rings. The van der Waals surface area contributed by atoms with Crippen molar-refractivity contribution in [1.82, 2.24) is 14.8 Å². The lowest BCUT2D eigenvalue weighted by molar-refractivity contribution is -0.137. The van der Waals surface area contributed by atoms with Crippen LogP contribution in [0.3, 0.4) is 0 Å². The summed E-state index contributed by atoms with van der Waals surface area (Å²) in [6.07, 6.45) is -0.154. The Bertz CT molecular complexity index is 987. The van der Waals surface area contributed by atoms with Gasteiger partial charge in [-0.25, -0.2) is 8.78 Å². The number of carbonyl (C=O) groups is 1. The van der Waals surface area contributed by atoms with Gasteiger partial charge in [-0.1, -0.05) is 17.7 Å². The van der Waals surface area contributed by atoms with Crippen molar-refractivity contribution in [1.29, 1.82) is 0 Å². The lowest BCUT2D eigenvalue weighted by Gasteiger charge is -2.10. The van der Waals surface area contributed by atoms with Gasteiger partial charge in [0, 0.05) is 12.6 Å². The summed E-state index contributed by atoms with van der Waals surface area (Å²) in [5.74, 6) is -1.82. The largest absolute Gasteiger partial charge is 0.493 e. The van der Waals surface area contributed by atoms with Crippen molar-refractivity contribution in [3.63, 3.8) is 0 Å². The summed E-state index contributed by atoms with van der Waals surface area (Å²) >= 11 is 6.23. The quantitative estimate of drug-likeness (QED) is 0.686. The summed E-state index contributed by atoms with van der Waals surface area (Å²) in [7, 11) is 1.56. The number of ether oxygens (including phenoxy) is 1. The third-order valence-corrected chi connectivity index (χ3v) is 4.15. The highest BCUT2D eigenvalue weighted by atomic mass is 35.5. The molecule has 1 aromatic heterocycles. The van der Waals surface area contributed by atoms with Gasteiger partial charge in [0.05, 0.1) is 23.6 Å². The van der Waals surface area contributed by atoms with E-state index in [1.807, 2.05) is 0 Å². The number of rotatable bonds is 6. The molecule has 140 valence electrons. The van der Waals surface area contributed by atoms with E-state index >= 15 is 0 Å². The van der Waals surface area contributed by atoms with Gasteiger partial charge in [0.15, 0.2) is 11.6 Å². The molecule has 27 heavy (non-hydrogen) atoms. The van der Waals surface area contributed by atoms with Crippen LogP contribution in [0.4, 0.5) is 8.78 Å². The monoisotopic (exact) mass is 393 g/mol. The average Bonchev–Trinajstić information content (AvgIpc) is 2.97. The number of halogens is 3. The SMILES string of the molecule is Cn1c(-c2cc(OCCC(=O)O)ccc2Cl)nnc1-c1c(F)cccc1F. The van der Waals surface area contributed by atoms with Crippen molar-refractivity contribution in [3.05, 3.63) is 53.1 Å². The molecule has 9 heteroatoms. The Hall–Kier alpha value is -3.00. The van der Waals surface area contributed by atoms with Crippen LogP contribution in [0, 0.1) is 11.6 Å². The van der Waals surface area contributed by atoms with E-state index in [4.69, 9.17) is 21.4 Å². The van der Waals surface area contributed by atoms with E-state index in [9.17, 15) is 13.6 Å². The first-order chi connectivity index (χ1) is 12.9. The van der Waals surface area contributed by atoms with Crippen LogP contribution in [0.2, 0.25) is 5.02 Å². The molecule has 0 saturated carbocycles. The maximum Gasteiger partial charge on any atom is 0.306 e. The number of nitrogens with zero attached hydrogens (tertiary/aromatic N) is 3. The molecule has 0 spiro atoms. The van der Waals surface area contributed by atoms with Gasteiger partial charge >= 0.3 is 5.97 Å². The van der Waals surface area contributed by atoms with Crippen molar-refractivity contribution in [2.24, 2.45) is 7.05 Å². The maximum atomic E-state index is 14.1. The second kappa shape index (κ2) is 7.71. The molecule has 3 aromatic rings. The number of hydrogen-bond acceptors (Lipinski definition) is 4. The fraction of sp³-hybridized carbons (Fsp3) is 0.167. The number of benzene rings is 2. The van der Waals surface area contributed by atoms with E-state index < -0.39 is 17.6 Å². The molecule has 6 nitrogen and oxygen atoms in total. The van der Waals surface area contributed by atoms with Crippen molar-refractivity contribution in [2.45, 2.75) is 6.42 Å². The molecule has 0 aliphatic rings. The van der Waals surface area contributed by atoms with Crippen LogP contribution in [0.25, 0.3) is 22.8 Å². The molecule has 0 unspecified atom stereocenters. The molecule has 0 atom stereocenters. The van der Waals surface area contributed by atoms with E-state index in [-0.39, 0.29) is 30.2 Å². The standard InChI is InChI=1S/C18H14ClF2N3O3/c1-24-17(22-23-18(24)16-13(20)3-2-4-14(16)21)11-9-10(5-6-12(11)19)27-8-7-15(25)26/h2-6,9H,7-8H2,1H3,(H,25,26). The lowest BCUT2D eigenvalue weighted by atomic mass is 10.1. The maximum absolute atomic E-state index is 14.1. The fourth-order valence-corrected chi connectivity index (χ4v) is 2.72. The van der Waals surface area contributed by atoms with Gasteiger partial charge in [-0.2, -0.15) is 0 Å². The van der Waals surface area contributed by atoms with Crippen LogP contribution in [0.15, 0.2) is 36.4 Å². The molecular weight excluding hydrogens is 380 g/mol. The number of carboxylic acids is 1. The Labute approximate surface area is 158 Å². The highest BCUT2D eigenvalue weighted by molar-refractivity contribution is 6.33. The van der Waals surface area contributed by atoms with E-state index in [1.165, 1.54) is 10.6 Å². The third kappa shape index (κ3) is 3.90. The lowest BCUT2D eigenvalue weighted by Crippen LogP contribution is -2.05. The first-order valence-electron chi connectivity index (χ1n) is 7.86. The van der Waals surface area contributed by atoms with Gasteiger partial charge in [-0.05, 0) is 30.3 Å². The van der Waals surface area contributed by atoms with E-state index in [0.717, 1.165) is 12.1 Å². The predicted molar refractivity (Wildman–Crippen MR) is 94.5 cm³/mol. The number of carboxylic acid groups (broad SMARTS) is 1. The first kappa shape index (κ1) is 18.8. The summed E-state index contributed by atoms with van der Waals surface area (Å²) in [5.41, 5.74) is 0.145. The molecule has 1 heterocycles. The minimum absolute atomic E-state index is 0.00821. The molecule has 0 aliphatic heterocycles. The second-order valence-corrected chi connectivity index (χ2v) is 6.04. The third-order valence-electron chi connectivity index (χ3n) is 3.82. The Morgan fingerprint density at radius 2 is 1.85 bits per heavy atom. The Morgan fingerprint density at radius 1 is 1.19 bits per heavy atom. The predicted octanol–water partition coefficient (Wildman–Crippen LogP) is 3.93. The molecule has 0 amide bonds. The molecule has 2 aromatic carbocycles. The Kier molecular flexibility index (Phi) is 5.36. The summed E-state index contributed by atoms with van der Waals surface area (Å²) < 4.78 is 34.9. The summed E-state index contributed by atoms with van der Waals surface area (Å²) in [5, 5.41) is 16.9. The normalized spacial score (nSPS) is 10.8. The minimum Gasteiger partial charge on any atom is -0.493 e. The molecule has 0 saturated heterocycles. The molecule has 3 rings (SSSR count). The number of aromatic nitrogens is 3. The topological polar surface area (TPSA) is 77.2 Å². The molecular formula is C18H14ClF2N3O3. The van der Waals surface area contributed by atoms with Gasteiger partial charge in [-0.3, -0.25) is 4.79 Å². The van der Waals surface area contributed by atoms with Gasteiger partial charge < -0.3 is 14.4 Å². The van der Waals surface area contributed by atoms with Gasteiger partial charge in [0.2, 0.25) is 0 Å².